The van der Waals surface area contributed by atoms with Crippen LogP contribution in [-0.4, -0.2) is 36.5 Å². The molecule has 0 saturated carbocycles. The molecule has 1 aromatic carbocycles. The Morgan fingerprint density at radius 3 is 2.60 bits per heavy atom. The molecule has 3 rings (SSSR count). The van der Waals surface area contributed by atoms with Gasteiger partial charge in [0.05, 0.1) is 0 Å². The minimum atomic E-state index is -0.842. The van der Waals surface area contributed by atoms with Gasteiger partial charge in [-0.15, -0.1) is 0 Å². The number of hydrogen-bond acceptors (Lipinski definition) is 5. The first-order chi connectivity index (χ1) is 11.9. The molecule has 0 bridgehead atoms. The fourth-order valence-electron chi connectivity index (χ4n) is 3.37. The first-order valence-electron chi connectivity index (χ1n) is 8.42. The van der Waals surface area contributed by atoms with Gasteiger partial charge >= 0.3 is 11.6 Å². The van der Waals surface area contributed by atoms with Crippen molar-refractivity contribution in [3.05, 3.63) is 46.3 Å². The Balaban J connectivity index is 1.67. The summed E-state index contributed by atoms with van der Waals surface area (Å²) in [5, 5.41) is 0.624. The van der Waals surface area contributed by atoms with Crippen LogP contribution in [0.15, 0.2) is 39.5 Å². The zero-order chi connectivity index (χ0) is 18.0. The van der Waals surface area contributed by atoms with Crippen LogP contribution in [0.25, 0.3) is 11.0 Å². The van der Waals surface area contributed by atoms with Crippen molar-refractivity contribution in [1.82, 2.24) is 4.90 Å². The monoisotopic (exact) mass is 343 g/mol. The maximum absolute atomic E-state index is 12.3. The third-order valence-corrected chi connectivity index (χ3v) is 4.41. The van der Waals surface area contributed by atoms with Gasteiger partial charge in [0.15, 0.2) is 6.61 Å². The number of esters is 1. The molecule has 132 valence electrons. The number of nitrogens with zero attached hydrogens (tertiary/aromatic N) is 1. The van der Waals surface area contributed by atoms with Gasteiger partial charge in [-0.2, -0.15) is 0 Å². The van der Waals surface area contributed by atoms with E-state index in [1.54, 1.807) is 29.2 Å². The van der Waals surface area contributed by atoms with Crippen LogP contribution in [0.5, 0.6) is 0 Å². The van der Waals surface area contributed by atoms with E-state index in [1.807, 2.05) is 0 Å². The molecule has 0 aliphatic carbocycles. The lowest BCUT2D eigenvalue weighted by Gasteiger charge is -2.34. The number of rotatable bonds is 3. The molecule has 2 atom stereocenters. The highest BCUT2D eigenvalue weighted by Gasteiger charge is 2.26. The number of fused-ring (bicyclic) bond motifs is 1. The van der Waals surface area contributed by atoms with Gasteiger partial charge in [0.1, 0.15) is 11.1 Å². The Labute approximate surface area is 145 Å². The minimum absolute atomic E-state index is 0.202. The number of benzene rings is 1. The first kappa shape index (κ1) is 17.2. The molecule has 6 nitrogen and oxygen atoms in total. The fourth-order valence-corrected chi connectivity index (χ4v) is 3.37. The van der Waals surface area contributed by atoms with Crippen LogP contribution < -0.4 is 5.63 Å². The molecule has 2 heterocycles. The third-order valence-electron chi connectivity index (χ3n) is 4.41. The summed E-state index contributed by atoms with van der Waals surface area (Å²) < 4.78 is 10.2. The zero-order valence-corrected chi connectivity index (χ0v) is 14.4. The third kappa shape index (κ3) is 3.90. The number of para-hydroxylation sites is 1. The average molecular weight is 343 g/mol. The Hall–Kier alpha value is -2.63. The molecule has 25 heavy (non-hydrogen) atoms. The largest absolute Gasteiger partial charge is 0.452 e. The SMILES string of the molecule is C[C@@H]1C[C@@H](C)CN(C(=O)COC(=O)c2cc3ccccc3oc2=O)C1. The standard InChI is InChI=1S/C19H21NO5/c1-12-7-13(2)10-20(9-12)17(21)11-24-18(22)15-8-14-5-3-4-6-16(14)25-19(15)23/h3-6,8,12-13H,7,9-11H2,1-2H3/t12-,13-/m1/s1. The van der Waals surface area contributed by atoms with Crippen LogP contribution in [0, 0.1) is 11.8 Å². The molecule has 1 aromatic heterocycles. The maximum Gasteiger partial charge on any atom is 0.351 e. The molecular formula is C19H21NO5. The molecule has 1 fully saturated rings. The molecule has 6 heteroatoms. The predicted molar refractivity (Wildman–Crippen MR) is 92.3 cm³/mol. The Morgan fingerprint density at radius 2 is 1.88 bits per heavy atom. The van der Waals surface area contributed by atoms with Crippen molar-refractivity contribution in [1.29, 1.82) is 0 Å². The highest BCUT2D eigenvalue weighted by Crippen LogP contribution is 2.21. The molecule has 0 radical (unpaired) electrons. The van der Waals surface area contributed by atoms with Crippen molar-refractivity contribution < 1.29 is 18.7 Å². The lowest BCUT2D eigenvalue weighted by molar-refractivity contribution is -0.137. The van der Waals surface area contributed by atoms with E-state index in [0.717, 1.165) is 6.42 Å². The summed E-state index contributed by atoms with van der Waals surface area (Å²) in [5.74, 6) is -0.227. The fraction of sp³-hybridized carbons (Fsp3) is 0.421. The molecule has 1 saturated heterocycles. The number of hydrogen-bond donors (Lipinski definition) is 0. The lowest BCUT2D eigenvalue weighted by atomic mass is 9.92. The number of piperidine rings is 1. The van der Waals surface area contributed by atoms with E-state index in [1.165, 1.54) is 6.07 Å². The summed E-state index contributed by atoms with van der Waals surface area (Å²) in [6, 6.07) is 8.33. The topological polar surface area (TPSA) is 76.8 Å². The predicted octanol–water partition coefficient (Wildman–Crippen LogP) is 2.45. The molecule has 0 spiro atoms. The smallest absolute Gasteiger partial charge is 0.351 e. The van der Waals surface area contributed by atoms with Crippen molar-refractivity contribution in [2.45, 2.75) is 20.3 Å². The van der Waals surface area contributed by atoms with Crippen LogP contribution in [0.4, 0.5) is 0 Å². The van der Waals surface area contributed by atoms with Gasteiger partial charge in [-0.1, -0.05) is 32.0 Å². The molecule has 0 unspecified atom stereocenters. The van der Waals surface area contributed by atoms with E-state index in [9.17, 15) is 14.4 Å². The summed E-state index contributed by atoms with van der Waals surface area (Å²) in [4.78, 5) is 38.1. The molecule has 1 aliphatic heterocycles. The Morgan fingerprint density at radius 1 is 1.20 bits per heavy atom. The molecule has 2 aromatic rings. The van der Waals surface area contributed by atoms with Crippen molar-refractivity contribution in [3.63, 3.8) is 0 Å². The van der Waals surface area contributed by atoms with Crippen molar-refractivity contribution in [2.24, 2.45) is 11.8 Å². The summed E-state index contributed by atoms with van der Waals surface area (Å²) in [6.07, 6.45) is 1.09. The molecule has 1 amide bonds. The zero-order valence-electron chi connectivity index (χ0n) is 14.4. The van der Waals surface area contributed by atoms with Gasteiger partial charge in [-0.3, -0.25) is 4.79 Å². The number of carbonyl (C=O) groups is 2. The second-order valence-electron chi connectivity index (χ2n) is 6.81. The van der Waals surface area contributed by atoms with Gasteiger partial charge < -0.3 is 14.1 Å². The minimum Gasteiger partial charge on any atom is -0.452 e. The van der Waals surface area contributed by atoms with Gasteiger partial charge in [-0.05, 0) is 30.4 Å². The number of amides is 1. The number of ether oxygens (including phenoxy) is 1. The summed E-state index contributed by atoms with van der Waals surface area (Å²) in [6.45, 7) is 5.16. The quantitative estimate of drug-likeness (QED) is 0.632. The second kappa shape index (κ2) is 7.09. The number of likely N-dealkylation sites (tertiary alicyclic amines) is 1. The van der Waals surface area contributed by atoms with Crippen LogP contribution in [-0.2, 0) is 9.53 Å². The van der Waals surface area contributed by atoms with Gasteiger partial charge in [0.25, 0.3) is 5.91 Å². The summed E-state index contributed by atoms with van der Waals surface area (Å²) in [5.41, 5.74) is -0.570. The van der Waals surface area contributed by atoms with E-state index in [0.29, 0.717) is 35.9 Å². The van der Waals surface area contributed by atoms with Crippen LogP contribution in [0.1, 0.15) is 30.6 Å². The van der Waals surface area contributed by atoms with Crippen LogP contribution in [0.2, 0.25) is 0 Å². The van der Waals surface area contributed by atoms with Crippen LogP contribution >= 0.6 is 0 Å². The molecular weight excluding hydrogens is 322 g/mol. The Kier molecular flexibility index (Phi) is 4.88. The van der Waals surface area contributed by atoms with Crippen LogP contribution in [0.3, 0.4) is 0 Å². The Bertz CT molecular complexity index is 846. The summed E-state index contributed by atoms with van der Waals surface area (Å²) >= 11 is 0. The average Bonchev–Trinajstić information content (AvgIpc) is 2.57. The van der Waals surface area contributed by atoms with Crippen molar-refractivity contribution in [3.8, 4) is 0 Å². The second-order valence-corrected chi connectivity index (χ2v) is 6.81. The van der Waals surface area contributed by atoms with Crippen molar-refractivity contribution in [2.75, 3.05) is 19.7 Å². The van der Waals surface area contributed by atoms with E-state index in [4.69, 9.17) is 9.15 Å². The van der Waals surface area contributed by atoms with Crippen molar-refractivity contribution >= 4 is 22.8 Å². The normalized spacial score (nSPS) is 20.5. The molecule has 0 N–H and O–H groups in total. The highest BCUT2D eigenvalue weighted by molar-refractivity contribution is 5.94. The molecule has 1 aliphatic rings. The van der Waals surface area contributed by atoms with E-state index < -0.39 is 11.6 Å². The van der Waals surface area contributed by atoms with E-state index in [-0.39, 0.29) is 18.1 Å². The van der Waals surface area contributed by atoms with Gasteiger partial charge in [0, 0.05) is 18.5 Å². The van der Waals surface area contributed by atoms with Gasteiger partial charge in [-0.25, -0.2) is 9.59 Å². The van der Waals surface area contributed by atoms with E-state index >= 15 is 0 Å². The first-order valence-corrected chi connectivity index (χ1v) is 8.42. The van der Waals surface area contributed by atoms with Gasteiger partial charge in [0.2, 0.25) is 0 Å². The van der Waals surface area contributed by atoms with E-state index in [2.05, 4.69) is 13.8 Å². The summed E-state index contributed by atoms with van der Waals surface area (Å²) in [7, 11) is 0. The maximum atomic E-state index is 12.3. The highest BCUT2D eigenvalue weighted by atomic mass is 16.5. The lowest BCUT2D eigenvalue weighted by Crippen LogP contribution is -2.44. The number of carbonyl (C=O) groups excluding carboxylic acids is 2.